The molecule has 1 atom stereocenters. The number of alkyl halides is 3. The lowest BCUT2D eigenvalue weighted by molar-refractivity contribution is -0.139. The van der Waals surface area contributed by atoms with E-state index < -0.39 is 17.3 Å². The normalized spacial score (nSPS) is 13.5. The van der Waals surface area contributed by atoms with E-state index in [1.807, 2.05) is 54.6 Å². The Labute approximate surface area is 195 Å². The SMILES string of the molecule is CC(N)(CO)c1ncc(-c2ccc(OCc3ccc(-c4ccccc4)cc3)c(C(F)(F)F)c2)[nH]1. The van der Waals surface area contributed by atoms with Gasteiger partial charge in [0.05, 0.1) is 29.6 Å². The number of rotatable bonds is 7. The average Bonchev–Trinajstić information content (AvgIpc) is 3.34. The molecule has 4 aromatic rings. The number of aliphatic hydroxyl groups excluding tert-OH is 1. The third-order valence-electron chi connectivity index (χ3n) is 5.50. The summed E-state index contributed by atoms with van der Waals surface area (Å²) in [5.74, 6) is 0.0139. The standard InChI is InChI=1S/C26H24F3N3O2/c1-25(30,16-33)24-31-14-22(32-24)20-11-12-23(21(13-20)26(27,28)29)34-15-17-7-9-19(10-8-17)18-5-3-2-4-6-18/h2-14,33H,15-16,30H2,1H3,(H,31,32). The zero-order valence-electron chi connectivity index (χ0n) is 18.4. The van der Waals surface area contributed by atoms with Crippen LogP contribution in [0.25, 0.3) is 22.4 Å². The van der Waals surface area contributed by atoms with Gasteiger partial charge in [0.2, 0.25) is 0 Å². The molecule has 0 spiro atoms. The fourth-order valence-electron chi connectivity index (χ4n) is 3.46. The number of nitrogens with one attached hydrogen (secondary N) is 1. The van der Waals surface area contributed by atoms with Crippen molar-refractivity contribution in [3.63, 3.8) is 0 Å². The summed E-state index contributed by atoms with van der Waals surface area (Å²) in [6.07, 6.45) is -3.22. The largest absolute Gasteiger partial charge is 0.488 e. The van der Waals surface area contributed by atoms with Crippen LogP contribution in [0, 0.1) is 0 Å². The summed E-state index contributed by atoms with van der Waals surface area (Å²) in [6.45, 7) is 1.20. The van der Waals surface area contributed by atoms with Gasteiger partial charge in [0.25, 0.3) is 0 Å². The third-order valence-corrected chi connectivity index (χ3v) is 5.50. The summed E-state index contributed by atoms with van der Waals surface area (Å²) in [4.78, 5) is 6.99. The van der Waals surface area contributed by atoms with E-state index in [1.54, 1.807) is 6.92 Å². The second kappa shape index (κ2) is 9.32. The first kappa shape index (κ1) is 23.5. The molecular formula is C26H24F3N3O2. The number of ether oxygens (including phenoxy) is 1. The lowest BCUT2D eigenvalue weighted by Crippen LogP contribution is -2.38. The maximum Gasteiger partial charge on any atom is 0.419 e. The van der Waals surface area contributed by atoms with Gasteiger partial charge < -0.3 is 20.6 Å². The van der Waals surface area contributed by atoms with E-state index in [4.69, 9.17) is 10.5 Å². The smallest absolute Gasteiger partial charge is 0.419 e. The van der Waals surface area contributed by atoms with Gasteiger partial charge in [-0.2, -0.15) is 13.2 Å². The number of halogens is 3. The first-order valence-electron chi connectivity index (χ1n) is 10.6. The van der Waals surface area contributed by atoms with Gasteiger partial charge in [-0.3, -0.25) is 0 Å². The van der Waals surface area contributed by atoms with Crippen LogP contribution < -0.4 is 10.5 Å². The molecule has 5 nitrogen and oxygen atoms in total. The number of aromatic amines is 1. The van der Waals surface area contributed by atoms with Crippen LogP contribution >= 0.6 is 0 Å². The molecule has 0 aliphatic carbocycles. The Morgan fingerprint density at radius 2 is 1.59 bits per heavy atom. The molecule has 3 aromatic carbocycles. The molecule has 4 N–H and O–H groups in total. The molecule has 0 aliphatic rings. The van der Waals surface area contributed by atoms with Crippen LogP contribution in [0.5, 0.6) is 5.75 Å². The Morgan fingerprint density at radius 1 is 0.941 bits per heavy atom. The van der Waals surface area contributed by atoms with E-state index in [1.165, 1.54) is 18.3 Å². The number of H-pyrrole nitrogens is 1. The molecule has 0 aliphatic heterocycles. The van der Waals surface area contributed by atoms with Gasteiger partial charge in [0.15, 0.2) is 0 Å². The number of nitrogens with zero attached hydrogens (tertiary/aromatic N) is 1. The van der Waals surface area contributed by atoms with Crippen molar-refractivity contribution >= 4 is 0 Å². The molecule has 0 saturated carbocycles. The molecule has 0 radical (unpaired) electrons. The van der Waals surface area contributed by atoms with E-state index in [0.717, 1.165) is 22.8 Å². The summed E-state index contributed by atoms with van der Waals surface area (Å²) in [5, 5.41) is 9.39. The minimum Gasteiger partial charge on any atom is -0.488 e. The summed E-state index contributed by atoms with van der Waals surface area (Å²) in [5.41, 5.74) is 7.37. The fraction of sp³-hybridized carbons (Fsp3) is 0.192. The maximum absolute atomic E-state index is 13.8. The van der Waals surface area contributed by atoms with Gasteiger partial charge in [-0.05, 0) is 41.8 Å². The highest BCUT2D eigenvalue weighted by Gasteiger charge is 2.35. The Kier molecular flexibility index (Phi) is 6.45. The van der Waals surface area contributed by atoms with Crippen LogP contribution in [-0.2, 0) is 18.3 Å². The zero-order chi connectivity index (χ0) is 24.3. The molecule has 176 valence electrons. The van der Waals surface area contributed by atoms with Gasteiger partial charge in [0.1, 0.15) is 18.2 Å². The lowest BCUT2D eigenvalue weighted by atomic mass is 10.0. The van der Waals surface area contributed by atoms with Crippen LogP contribution in [0.15, 0.2) is 79.0 Å². The van der Waals surface area contributed by atoms with Crippen molar-refractivity contribution in [2.45, 2.75) is 25.2 Å². The summed E-state index contributed by atoms with van der Waals surface area (Å²) in [6, 6.07) is 21.1. The summed E-state index contributed by atoms with van der Waals surface area (Å²) >= 11 is 0. The number of aliphatic hydroxyl groups is 1. The van der Waals surface area contributed by atoms with Crippen molar-refractivity contribution in [1.82, 2.24) is 9.97 Å². The predicted molar refractivity (Wildman–Crippen MR) is 124 cm³/mol. The molecular weight excluding hydrogens is 443 g/mol. The first-order valence-corrected chi connectivity index (χ1v) is 10.6. The van der Waals surface area contributed by atoms with E-state index in [0.29, 0.717) is 5.69 Å². The third kappa shape index (κ3) is 5.13. The average molecular weight is 467 g/mol. The molecule has 8 heteroatoms. The van der Waals surface area contributed by atoms with Crippen molar-refractivity contribution in [2.24, 2.45) is 5.73 Å². The number of hydrogen-bond acceptors (Lipinski definition) is 4. The molecule has 0 amide bonds. The Morgan fingerprint density at radius 3 is 2.24 bits per heavy atom. The van der Waals surface area contributed by atoms with Crippen LogP contribution in [0.2, 0.25) is 0 Å². The summed E-state index contributed by atoms with van der Waals surface area (Å²) < 4.78 is 47.0. The number of nitrogens with two attached hydrogens (primary N) is 1. The van der Waals surface area contributed by atoms with Crippen molar-refractivity contribution in [1.29, 1.82) is 0 Å². The van der Waals surface area contributed by atoms with Crippen LogP contribution in [-0.4, -0.2) is 21.7 Å². The maximum atomic E-state index is 13.8. The number of aromatic nitrogens is 2. The van der Waals surface area contributed by atoms with Crippen LogP contribution in [0.4, 0.5) is 13.2 Å². The molecule has 1 aromatic heterocycles. The highest BCUT2D eigenvalue weighted by Crippen LogP contribution is 2.39. The second-order valence-corrected chi connectivity index (χ2v) is 8.28. The van der Waals surface area contributed by atoms with Gasteiger partial charge in [-0.25, -0.2) is 4.98 Å². The molecule has 4 rings (SSSR count). The molecule has 1 unspecified atom stereocenters. The molecule has 34 heavy (non-hydrogen) atoms. The monoisotopic (exact) mass is 467 g/mol. The van der Waals surface area contributed by atoms with E-state index in [-0.39, 0.29) is 30.4 Å². The minimum atomic E-state index is -4.61. The highest BCUT2D eigenvalue weighted by atomic mass is 19.4. The van der Waals surface area contributed by atoms with Crippen molar-refractivity contribution in [3.8, 4) is 28.1 Å². The van der Waals surface area contributed by atoms with Gasteiger partial charge >= 0.3 is 6.18 Å². The fourth-order valence-corrected chi connectivity index (χ4v) is 3.46. The topological polar surface area (TPSA) is 84.2 Å². The van der Waals surface area contributed by atoms with E-state index >= 15 is 0 Å². The minimum absolute atomic E-state index is 0.00622. The Bertz CT molecular complexity index is 1250. The first-order chi connectivity index (χ1) is 16.2. The molecule has 0 fully saturated rings. The predicted octanol–water partition coefficient (Wildman–Crippen LogP) is 5.51. The van der Waals surface area contributed by atoms with Crippen molar-refractivity contribution in [2.75, 3.05) is 6.61 Å². The number of imidazole rings is 1. The van der Waals surface area contributed by atoms with E-state index in [9.17, 15) is 18.3 Å². The van der Waals surface area contributed by atoms with E-state index in [2.05, 4.69) is 9.97 Å². The molecule has 1 heterocycles. The summed E-state index contributed by atoms with van der Waals surface area (Å²) in [7, 11) is 0. The Hall–Kier alpha value is -3.62. The highest BCUT2D eigenvalue weighted by molar-refractivity contribution is 5.64. The molecule has 0 saturated heterocycles. The quantitative estimate of drug-likeness (QED) is 0.335. The van der Waals surface area contributed by atoms with Gasteiger partial charge in [-0.1, -0.05) is 54.6 Å². The van der Waals surface area contributed by atoms with Crippen molar-refractivity contribution < 1.29 is 23.0 Å². The van der Waals surface area contributed by atoms with Gasteiger partial charge in [-0.15, -0.1) is 0 Å². The zero-order valence-corrected chi connectivity index (χ0v) is 18.4. The van der Waals surface area contributed by atoms with Crippen LogP contribution in [0.3, 0.4) is 0 Å². The molecule has 0 bridgehead atoms. The number of hydrogen-bond donors (Lipinski definition) is 3. The van der Waals surface area contributed by atoms with Crippen LogP contribution in [0.1, 0.15) is 23.9 Å². The Balaban J connectivity index is 1.54. The van der Waals surface area contributed by atoms with Crippen molar-refractivity contribution in [3.05, 3.63) is 95.9 Å². The number of benzene rings is 3. The second-order valence-electron chi connectivity index (χ2n) is 8.28. The lowest BCUT2D eigenvalue weighted by Gasteiger charge is -2.18. The van der Waals surface area contributed by atoms with Gasteiger partial charge in [0, 0.05) is 5.56 Å².